The third-order valence-electron chi connectivity index (χ3n) is 3.40. The predicted octanol–water partition coefficient (Wildman–Crippen LogP) is 1.13. The lowest BCUT2D eigenvalue weighted by molar-refractivity contribution is -0.139. The molecule has 0 unspecified atom stereocenters. The van der Waals surface area contributed by atoms with Crippen molar-refractivity contribution in [2.75, 3.05) is 0 Å². The number of H-pyrrole nitrogens is 2. The number of aromatic nitrogens is 4. The number of carboxylic acid groups (broad SMARTS) is 1. The number of nitrogens with zero attached hydrogens (tertiary/aromatic N) is 2. The monoisotopic (exact) mass is 329 g/mol. The number of hydrogen-bond acceptors (Lipinski definition) is 5. The molecule has 0 aliphatic heterocycles. The summed E-state index contributed by atoms with van der Waals surface area (Å²) < 4.78 is 5.44. The number of carboxylic acids is 1. The fraction of sp³-hybridized carbons (Fsp3) is 0.200. The number of rotatable bonds is 6. The van der Waals surface area contributed by atoms with Crippen molar-refractivity contribution in [1.29, 1.82) is 0 Å². The minimum Gasteiger partial charge on any atom is -0.480 e. The zero-order valence-corrected chi connectivity index (χ0v) is 12.7. The molecule has 4 N–H and O–H groups in total. The molecule has 0 aliphatic carbocycles. The number of hydrogen-bond donors (Lipinski definition) is 4. The van der Waals surface area contributed by atoms with Crippen molar-refractivity contribution in [3.63, 3.8) is 0 Å². The predicted molar refractivity (Wildman–Crippen MR) is 82.2 cm³/mol. The van der Waals surface area contributed by atoms with Crippen molar-refractivity contribution in [3.8, 4) is 11.5 Å². The van der Waals surface area contributed by atoms with Crippen LogP contribution in [-0.4, -0.2) is 43.2 Å². The third kappa shape index (κ3) is 3.35. The quantitative estimate of drug-likeness (QED) is 0.535. The number of furan rings is 1. The normalized spacial score (nSPS) is 12.0. The van der Waals surface area contributed by atoms with Crippen LogP contribution in [0.25, 0.3) is 11.5 Å². The van der Waals surface area contributed by atoms with E-state index < -0.39 is 17.9 Å². The Morgan fingerprint density at radius 2 is 2.25 bits per heavy atom. The topological polar surface area (TPSA) is 137 Å². The first-order valence-electron chi connectivity index (χ1n) is 7.16. The van der Waals surface area contributed by atoms with E-state index in [1.54, 1.807) is 19.1 Å². The largest absolute Gasteiger partial charge is 0.480 e. The van der Waals surface area contributed by atoms with E-state index in [-0.39, 0.29) is 12.1 Å². The summed E-state index contributed by atoms with van der Waals surface area (Å²) in [6.07, 6.45) is 3.05. The second-order valence-corrected chi connectivity index (χ2v) is 5.22. The van der Waals surface area contributed by atoms with Crippen LogP contribution in [0.4, 0.5) is 0 Å². The molecule has 24 heavy (non-hydrogen) atoms. The highest BCUT2D eigenvalue weighted by Gasteiger charge is 2.23. The molecule has 0 saturated heterocycles. The Labute approximate surface area is 136 Å². The Morgan fingerprint density at radius 1 is 1.42 bits per heavy atom. The summed E-state index contributed by atoms with van der Waals surface area (Å²) in [7, 11) is 0. The van der Waals surface area contributed by atoms with Gasteiger partial charge in [0, 0.05) is 24.4 Å². The lowest BCUT2D eigenvalue weighted by Gasteiger charge is -2.12. The van der Waals surface area contributed by atoms with Gasteiger partial charge in [0.2, 0.25) is 0 Å². The molecular weight excluding hydrogens is 314 g/mol. The average molecular weight is 329 g/mol. The van der Waals surface area contributed by atoms with E-state index in [0.29, 0.717) is 17.1 Å². The molecule has 3 aromatic heterocycles. The van der Waals surface area contributed by atoms with Gasteiger partial charge in [-0.15, -0.1) is 0 Å². The molecular formula is C15H15N5O4. The Hall–Kier alpha value is -3.36. The zero-order chi connectivity index (χ0) is 17.1. The highest BCUT2D eigenvalue weighted by molar-refractivity contribution is 5.95. The summed E-state index contributed by atoms with van der Waals surface area (Å²) in [4.78, 5) is 30.2. The van der Waals surface area contributed by atoms with Gasteiger partial charge in [-0.3, -0.25) is 9.89 Å². The van der Waals surface area contributed by atoms with Crippen LogP contribution >= 0.6 is 0 Å². The number of nitrogens with one attached hydrogen (secondary N) is 3. The van der Waals surface area contributed by atoms with Crippen LogP contribution in [0.5, 0.6) is 0 Å². The molecule has 9 nitrogen and oxygen atoms in total. The fourth-order valence-electron chi connectivity index (χ4n) is 2.19. The minimum atomic E-state index is -1.14. The molecule has 0 fully saturated rings. The van der Waals surface area contributed by atoms with Gasteiger partial charge in [0.1, 0.15) is 17.5 Å². The Bertz CT molecular complexity index is 849. The van der Waals surface area contributed by atoms with E-state index in [1.807, 2.05) is 0 Å². The molecule has 0 saturated carbocycles. The molecule has 3 heterocycles. The summed E-state index contributed by atoms with van der Waals surface area (Å²) in [6.45, 7) is 1.81. The zero-order valence-electron chi connectivity index (χ0n) is 12.7. The highest BCUT2D eigenvalue weighted by atomic mass is 16.4. The van der Waals surface area contributed by atoms with Gasteiger partial charge in [-0.2, -0.15) is 5.10 Å². The highest BCUT2D eigenvalue weighted by Crippen LogP contribution is 2.20. The molecule has 1 amide bonds. The van der Waals surface area contributed by atoms with Gasteiger partial charge in [-0.05, 0) is 19.1 Å². The van der Waals surface area contributed by atoms with E-state index >= 15 is 0 Å². The first-order chi connectivity index (χ1) is 11.5. The molecule has 3 aromatic rings. The number of aryl methyl sites for hydroxylation is 1. The van der Waals surface area contributed by atoms with Crippen molar-refractivity contribution < 1.29 is 19.1 Å². The number of aromatic amines is 2. The SMILES string of the molecule is Cc1ccc(-c2cc(C(=O)N[C@H](Cc3cnc[nH]3)C(=O)O)n[nH]2)o1. The molecule has 0 aliphatic rings. The van der Waals surface area contributed by atoms with Gasteiger partial charge < -0.3 is 19.8 Å². The van der Waals surface area contributed by atoms with Gasteiger partial charge in [0.05, 0.1) is 6.33 Å². The summed E-state index contributed by atoms with van der Waals surface area (Å²) >= 11 is 0. The molecule has 0 aromatic carbocycles. The number of carbonyl (C=O) groups excluding carboxylic acids is 1. The summed E-state index contributed by atoms with van der Waals surface area (Å²) in [5.74, 6) is -0.453. The molecule has 1 atom stereocenters. The summed E-state index contributed by atoms with van der Waals surface area (Å²) in [6, 6.07) is 3.95. The summed E-state index contributed by atoms with van der Waals surface area (Å²) in [5, 5.41) is 18.3. The van der Waals surface area contributed by atoms with Crippen LogP contribution in [0.3, 0.4) is 0 Å². The van der Waals surface area contributed by atoms with Crippen molar-refractivity contribution >= 4 is 11.9 Å². The maximum Gasteiger partial charge on any atom is 0.326 e. The smallest absolute Gasteiger partial charge is 0.326 e. The van der Waals surface area contributed by atoms with Gasteiger partial charge in [-0.1, -0.05) is 0 Å². The van der Waals surface area contributed by atoms with Crippen molar-refractivity contribution in [3.05, 3.63) is 47.9 Å². The van der Waals surface area contributed by atoms with Crippen LogP contribution in [0.2, 0.25) is 0 Å². The standard InChI is InChI=1S/C15H15N5O4/c1-8-2-3-13(24-8)10-5-11(20-19-10)14(21)18-12(15(22)23)4-9-6-16-7-17-9/h2-3,5-7,12H,4H2,1H3,(H,16,17)(H,18,21)(H,19,20)(H,22,23)/t12-/m1/s1. The molecule has 0 radical (unpaired) electrons. The van der Waals surface area contributed by atoms with Gasteiger partial charge in [-0.25, -0.2) is 9.78 Å². The van der Waals surface area contributed by atoms with Crippen molar-refractivity contribution in [1.82, 2.24) is 25.5 Å². The molecule has 9 heteroatoms. The van der Waals surface area contributed by atoms with Crippen molar-refractivity contribution in [2.45, 2.75) is 19.4 Å². The van der Waals surface area contributed by atoms with E-state index in [0.717, 1.165) is 5.76 Å². The lowest BCUT2D eigenvalue weighted by atomic mass is 10.1. The second kappa shape index (κ2) is 6.41. The molecule has 124 valence electrons. The fourth-order valence-corrected chi connectivity index (χ4v) is 2.19. The lowest BCUT2D eigenvalue weighted by Crippen LogP contribution is -2.42. The summed E-state index contributed by atoms with van der Waals surface area (Å²) in [5.41, 5.74) is 1.22. The maximum absolute atomic E-state index is 12.2. The number of carbonyl (C=O) groups is 2. The Morgan fingerprint density at radius 3 is 2.88 bits per heavy atom. The van der Waals surface area contributed by atoms with E-state index in [4.69, 9.17) is 4.42 Å². The first kappa shape index (κ1) is 15.5. The van der Waals surface area contributed by atoms with E-state index in [2.05, 4.69) is 25.5 Å². The van der Waals surface area contributed by atoms with Crippen LogP contribution in [0.15, 0.2) is 35.1 Å². The van der Waals surface area contributed by atoms with Gasteiger partial charge >= 0.3 is 5.97 Å². The second-order valence-electron chi connectivity index (χ2n) is 5.22. The van der Waals surface area contributed by atoms with Crippen molar-refractivity contribution in [2.24, 2.45) is 0 Å². The minimum absolute atomic E-state index is 0.0786. The van der Waals surface area contributed by atoms with Gasteiger partial charge in [0.15, 0.2) is 11.5 Å². The van der Waals surface area contributed by atoms with Crippen LogP contribution in [0.1, 0.15) is 21.9 Å². The van der Waals surface area contributed by atoms with E-state index in [9.17, 15) is 14.7 Å². The first-order valence-corrected chi connectivity index (χ1v) is 7.16. The average Bonchev–Trinajstić information content (AvgIpc) is 3.27. The number of aliphatic carboxylic acids is 1. The molecule has 0 bridgehead atoms. The number of amides is 1. The molecule has 0 spiro atoms. The molecule has 3 rings (SSSR count). The van der Waals surface area contributed by atoms with Crippen LogP contribution in [0, 0.1) is 6.92 Å². The Balaban J connectivity index is 1.71. The Kier molecular flexibility index (Phi) is 4.15. The van der Waals surface area contributed by atoms with Crippen LogP contribution < -0.4 is 5.32 Å². The third-order valence-corrected chi connectivity index (χ3v) is 3.40. The number of imidazole rings is 1. The maximum atomic E-state index is 12.2. The van der Waals surface area contributed by atoms with E-state index in [1.165, 1.54) is 18.6 Å². The van der Waals surface area contributed by atoms with Gasteiger partial charge in [0.25, 0.3) is 5.91 Å². The van der Waals surface area contributed by atoms with Crippen LogP contribution in [-0.2, 0) is 11.2 Å².